The van der Waals surface area contributed by atoms with Gasteiger partial charge >= 0.3 is 0 Å². The summed E-state index contributed by atoms with van der Waals surface area (Å²) >= 11 is 0. The molecule has 0 radical (unpaired) electrons. The second kappa shape index (κ2) is 7.96. The quantitative estimate of drug-likeness (QED) is 0.840. The van der Waals surface area contributed by atoms with Crippen LogP contribution in [0.25, 0.3) is 0 Å². The number of ether oxygens (including phenoxy) is 1. The molecule has 24 heavy (non-hydrogen) atoms. The minimum absolute atomic E-state index is 0.0494. The molecular weight excluding hydrogens is 300 g/mol. The van der Waals surface area contributed by atoms with E-state index in [1.165, 1.54) is 18.4 Å². The molecule has 1 heterocycles. The van der Waals surface area contributed by atoms with Gasteiger partial charge in [0.2, 0.25) is 0 Å². The summed E-state index contributed by atoms with van der Waals surface area (Å²) in [5.41, 5.74) is 1.41. The molecule has 2 N–H and O–H groups in total. The number of nitrogens with one attached hydrogen (secondary N) is 1. The average molecular weight is 332 g/mol. The summed E-state index contributed by atoms with van der Waals surface area (Å²) < 4.78 is 5.77. The van der Waals surface area contributed by atoms with E-state index in [1.807, 2.05) is 0 Å². The van der Waals surface area contributed by atoms with Gasteiger partial charge < -0.3 is 15.2 Å². The highest BCUT2D eigenvalue weighted by atomic mass is 16.5. The molecule has 134 valence electrons. The van der Waals surface area contributed by atoms with E-state index in [4.69, 9.17) is 4.74 Å². The number of hydrogen-bond acceptors (Lipinski definition) is 4. The molecule has 0 amide bonds. The van der Waals surface area contributed by atoms with E-state index in [9.17, 15) is 5.11 Å². The zero-order valence-electron chi connectivity index (χ0n) is 15.1. The number of β-amino-alcohol motifs (C(OH)–C–C–N with tert-alkyl or cyclic N) is 1. The molecule has 1 aromatic rings. The molecule has 1 saturated carbocycles. The number of nitrogens with zero attached hydrogens (tertiary/aromatic N) is 1. The Labute approximate surface area is 146 Å². The van der Waals surface area contributed by atoms with Crippen molar-refractivity contribution in [1.29, 1.82) is 0 Å². The lowest BCUT2D eigenvalue weighted by molar-refractivity contribution is -0.0765. The SMILES string of the molecule is CC1CN(CC(O)CNC2(c3ccccc3)CCCC2)CC(C)O1. The monoisotopic (exact) mass is 332 g/mol. The van der Waals surface area contributed by atoms with Crippen molar-refractivity contribution in [2.45, 2.75) is 63.4 Å². The van der Waals surface area contributed by atoms with Gasteiger partial charge in [0, 0.05) is 31.7 Å². The van der Waals surface area contributed by atoms with E-state index in [-0.39, 0.29) is 23.9 Å². The van der Waals surface area contributed by atoms with Crippen molar-refractivity contribution < 1.29 is 9.84 Å². The van der Waals surface area contributed by atoms with Gasteiger partial charge in [0.1, 0.15) is 0 Å². The van der Waals surface area contributed by atoms with E-state index < -0.39 is 0 Å². The first-order valence-corrected chi connectivity index (χ1v) is 9.44. The number of benzene rings is 1. The van der Waals surface area contributed by atoms with Crippen LogP contribution in [0.4, 0.5) is 0 Å². The number of aliphatic hydroxyl groups is 1. The van der Waals surface area contributed by atoms with Gasteiger partial charge in [0.25, 0.3) is 0 Å². The maximum Gasteiger partial charge on any atom is 0.0791 e. The summed E-state index contributed by atoms with van der Waals surface area (Å²) in [6.45, 7) is 7.40. The van der Waals surface area contributed by atoms with Crippen molar-refractivity contribution in [2.75, 3.05) is 26.2 Å². The Kier molecular flexibility index (Phi) is 5.93. The molecule has 2 aliphatic rings. The van der Waals surface area contributed by atoms with Crippen molar-refractivity contribution in [1.82, 2.24) is 10.2 Å². The first-order valence-electron chi connectivity index (χ1n) is 9.44. The summed E-state index contributed by atoms with van der Waals surface area (Å²) in [6.07, 6.45) is 5.00. The largest absolute Gasteiger partial charge is 0.390 e. The number of aliphatic hydroxyl groups excluding tert-OH is 1. The Morgan fingerprint density at radius 2 is 1.79 bits per heavy atom. The van der Waals surface area contributed by atoms with Crippen LogP contribution in [-0.4, -0.2) is 54.5 Å². The predicted molar refractivity (Wildman–Crippen MR) is 97.0 cm³/mol. The molecule has 0 aromatic heterocycles. The van der Waals surface area contributed by atoms with Gasteiger partial charge in [-0.25, -0.2) is 0 Å². The van der Waals surface area contributed by atoms with Gasteiger partial charge in [-0.1, -0.05) is 43.2 Å². The molecule has 4 heteroatoms. The molecule has 4 nitrogen and oxygen atoms in total. The molecule has 1 aliphatic carbocycles. The Bertz CT molecular complexity index is 492. The van der Waals surface area contributed by atoms with Gasteiger partial charge in [-0.15, -0.1) is 0 Å². The highest BCUT2D eigenvalue weighted by Gasteiger charge is 2.35. The molecule has 0 spiro atoms. The van der Waals surface area contributed by atoms with Crippen LogP contribution < -0.4 is 5.32 Å². The van der Waals surface area contributed by atoms with Crippen molar-refractivity contribution in [3.8, 4) is 0 Å². The maximum absolute atomic E-state index is 10.6. The summed E-state index contributed by atoms with van der Waals surface area (Å²) in [5, 5.41) is 14.3. The average Bonchev–Trinajstić information content (AvgIpc) is 3.03. The lowest BCUT2D eigenvalue weighted by Crippen LogP contribution is -2.51. The predicted octanol–water partition coefficient (Wildman–Crippen LogP) is 2.52. The summed E-state index contributed by atoms with van der Waals surface area (Å²) in [4.78, 5) is 2.33. The highest BCUT2D eigenvalue weighted by molar-refractivity contribution is 5.25. The van der Waals surface area contributed by atoms with Crippen LogP contribution >= 0.6 is 0 Å². The molecule has 0 bridgehead atoms. The fraction of sp³-hybridized carbons (Fsp3) is 0.700. The molecule has 3 rings (SSSR count). The number of morpholine rings is 1. The van der Waals surface area contributed by atoms with Gasteiger partial charge in [-0.3, -0.25) is 4.90 Å². The molecule has 3 atom stereocenters. The van der Waals surface area contributed by atoms with Gasteiger partial charge in [-0.2, -0.15) is 0 Å². The normalized spacial score (nSPS) is 28.8. The molecular formula is C20H32N2O2. The van der Waals surface area contributed by atoms with E-state index in [2.05, 4.69) is 54.4 Å². The Balaban J connectivity index is 1.55. The Morgan fingerprint density at radius 3 is 2.42 bits per heavy atom. The van der Waals surface area contributed by atoms with Crippen molar-refractivity contribution >= 4 is 0 Å². The first kappa shape index (κ1) is 17.9. The second-order valence-electron chi connectivity index (χ2n) is 7.67. The lowest BCUT2D eigenvalue weighted by atomic mass is 9.88. The van der Waals surface area contributed by atoms with Crippen LogP contribution in [-0.2, 0) is 10.3 Å². The van der Waals surface area contributed by atoms with Crippen LogP contribution in [0.2, 0.25) is 0 Å². The van der Waals surface area contributed by atoms with E-state index in [0.29, 0.717) is 6.54 Å². The smallest absolute Gasteiger partial charge is 0.0791 e. The third-order valence-corrected chi connectivity index (χ3v) is 5.42. The lowest BCUT2D eigenvalue weighted by Gasteiger charge is -2.37. The van der Waals surface area contributed by atoms with Crippen LogP contribution in [0.1, 0.15) is 45.1 Å². The van der Waals surface area contributed by atoms with Crippen LogP contribution in [0.3, 0.4) is 0 Å². The summed E-state index contributed by atoms with van der Waals surface area (Å²) in [5.74, 6) is 0. The van der Waals surface area contributed by atoms with Crippen molar-refractivity contribution in [2.24, 2.45) is 0 Å². The summed E-state index contributed by atoms with van der Waals surface area (Å²) in [7, 11) is 0. The third kappa shape index (κ3) is 4.37. The molecule has 2 fully saturated rings. The third-order valence-electron chi connectivity index (χ3n) is 5.42. The molecule has 1 aromatic carbocycles. The zero-order valence-corrected chi connectivity index (χ0v) is 15.1. The number of rotatable bonds is 6. The topological polar surface area (TPSA) is 44.7 Å². The molecule has 1 saturated heterocycles. The number of hydrogen-bond donors (Lipinski definition) is 2. The van der Waals surface area contributed by atoms with Crippen LogP contribution in [0.5, 0.6) is 0 Å². The minimum atomic E-state index is -0.344. The van der Waals surface area contributed by atoms with Crippen LogP contribution in [0, 0.1) is 0 Å². The second-order valence-corrected chi connectivity index (χ2v) is 7.67. The Morgan fingerprint density at radius 1 is 1.17 bits per heavy atom. The van der Waals surface area contributed by atoms with Crippen LogP contribution in [0.15, 0.2) is 30.3 Å². The van der Waals surface area contributed by atoms with Crippen molar-refractivity contribution in [3.05, 3.63) is 35.9 Å². The van der Waals surface area contributed by atoms with E-state index in [0.717, 1.165) is 32.5 Å². The minimum Gasteiger partial charge on any atom is -0.390 e. The van der Waals surface area contributed by atoms with Gasteiger partial charge in [-0.05, 0) is 32.3 Å². The molecule has 3 unspecified atom stereocenters. The standard InChI is InChI=1S/C20H32N2O2/c1-16-13-22(14-17(2)24-16)15-19(23)12-21-20(10-6-7-11-20)18-8-4-3-5-9-18/h3-5,8-9,16-17,19,21,23H,6-7,10-15H2,1-2H3. The fourth-order valence-electron chi connectivity index (χ4n) is 4.41. The first-order chi connectivity index (χ1) is 11.6. The summed E-state index contributed by atoms with van der Waals surface area (Å²) in [6, 6.07) is 10.7. The van der Waals surface area contributed by atoms with Gasteiger partial charge in [0.15, 0.2) is 0 Å². The molecule has 1 aliphatic heterocycles. The highest BCUT2D eigenvalue weighted by Crippen LogP contribution is 2.38. The fourth-order valence-corrected chi connectivity index (χ4v) is 4.41. The Hall–Kier alpha value is -0.940. The van der Waals surface area contributed by atoms with E-state index in [1.54, 1.807) is 0 Å². The van der Waals surface area contributed by atoms with E-state index >= 15 is 0 Å². The van der Waals surface area contributed by atoms with Gasteiger partial charge in [0.05, 0.1) is 18.3 Å². The maximum atomic E-state index is 10.6. The zero-order chi connectivity index (χ0) is 17.0. The van der Waals surface area contributed by atoms with Crippen molar-refractivity contribution in [3.63, 3.8) is 0 Å².